The second-order valence-electron chi connectivity index (χ2n) is 7.74. The van der Waals surface area contributed by atoms with Gasteiger partial charge in [0.15, 0.2) is 0 Å². The lowest BCUT2D eigenvalue weighted by Crippen LogP contribution is -2.64. The molecule has 1 saturated heterocycles. The molecule has 0 saturated carbocycles. The molecule has 0 bridgehead atoms. The van der Waals surface area contributed by atoms with Crippen molar-refractivity contribution in [1.82, 2.24) is 15.1 Å². The van der Waals surface area contributed by atoms with Gasteiger partial charge in [0.05, 0.1) is 18.2 Å². The van der Waals surface area contributed by atoms with Gasteiger partial charge < -0.3 is 20.9 Å². The van der Waals surface area contributed by atoms with E-state index in [4.69, 9.17) is 0 Å². The standard InChI is InChI=1S/C23H23N5O4/c1-14(29)24-16-8-10-17(11-9-16)25-21(30)18-13-27(2)20-19(18)26-23(32)28(22(20)31)12-15-6-4-3-5-7-15/h3-11,13,19-20H,12H2,1-2H3,(H,24,29)(H,25,30)(H,26,32). The highest BCUT2D eigenvalue weighted by atomic mass is 16.2. The zero-order valence-corrected chi connectivity index (χ0v) is 17.7. The molecule has 164 valence electrons. The first-order valence-corrected chi connectivity index (χ1v) is 10.1. The van der Waals surface area contributed by atoms with E-state index in [0.717, 1.165) is 5.56 Å². The molecule has 9 heteroatoms. The number of fused-ring (bicyclic) bond motifs is 1. The number of carbonyl (C=O) groups excluding carboxylic acids is 4. The SMILES string of the molecule is CC(=O)Nc1ccc(NC(=O)C2=CN(C)C3C(=O)N(Cc4ccccc4)C(=O)NC23)cc1. The van der Waals surface area contributed by atoms with Crippen molar-refractivity contribution in [2.75, 3.05) is 17.7 Å². The van der Waals surface area contributed by atoms with Gasteiger partial charge in [0.1, 0.15) is 6.04 Å². The Bertz CT molecular complexity index is 1100. The number of anilines is 2. The Labute approximate surface area is 185 Å². The molecule has 0 aliphatic carbocycles. The zero-order chi connectivity index (χ0) is 22.8. The lowest BCUT2D eigenvalue weighted by atomic mass is 9.99. The average molecular weight is 433 g/mol. The number of amides is 5. The Morgan fingerprint density at radius 2 is 1.59 bits per heavy atom. The molecule has 2 atom stereocenters. The van der Waals surface area contributed by atoms with Gasteiger partial charge >= 0.3 is 6.03 Å². The molecule has 0 spiro atoms. The van der Waals surface area contributed by atoms with Gasteiger partial charge in [0, 0.05) is 31.5 Å². The number of hydrogen-bond acceptors (Lipinski definition) is 5. The quantitative estimate of drug-likeness (QED) is 0.667. The number of urea groups is 1. The maximum absolute atomic E-state index is 13.1. The van der Waals surface area contributed by atoms with E-state index in [1.165, 1.54) is 11.8 Å². The van der Waals surface area contributed by atoms with Gasteiger partial charge in [-0.15, -0.1) is 0 Å². The summed E-state index contributed by atoms with van der Waals surface area (Å²) >= 11 is 0. The van der Waals surface area contributed by atoms with Gasteiger partial charge in [-0.1, -0.05) is 30.3 Å². The second-order valence-corrected chi connectivity index (χ2v) is 7.74. The smallest absolute Gasteiger partial charge is 0.325 e. The molecule has 2 unspecified atom stereocenters. The van der Waals surface area contributed by atoms with Crippen LogP contribution in [0.2, 0.25) is 0 Å². The zero-order valence-electron chi connectivity index (χ0n) is 17.7. The topological polar surface area (TPSA) is 111 Å². The maximum atomic E-state index is 13.1. The molecule has 2 heterocycles. The van der Waals surface area contributed by atoms with Gasteiger partial charge in [-0.05, 0) is 29.8 Å². The third-order valence-corrected chi connectivity index (χ3v) is 5.38. The van der Waals surface area contributed by atoms with E-state index in [0.29, 0.717) is 16.9 Å². The number of carbonyl (C=O) groups is 4. The molecule has 1 fully saturated rings. The lowest BCUT2D eigenvalue weighted by Gasteiger charge is -2.37. The summed E-state index contributed by atoms with van der Waals surface area (Å²) in [6.45, 7) is 1.57. The highest BCUT2D eigenvalue weighted by Gasteiger charge is 2.49. The molecule has 0 radical (unpaired) electrons. The van der Waals surface area contributed by atoms with Crippen molar-refractivity contribution in [3.05, 3.63) is 71.9 Å². The predicted octanol–water partition coefficient (Wildman–Crippen LogP) is 1.90. The number of nitrogens with one attached hydrogen (secondary N) is 3. The van der Waals surface area contributed by atoms with Crippen molar-refractivity contribution < 1.29 is 19.2 Å². The minimum Gasteiger partial charge on any atom is -0.366 e. The van der Waals surface area contributed by atoms with Crippen LogP contribution in [0.25, 0.3) is 0 Å². The van der Waals surface area contributed by atoms with Crippen LogP contribution in [0.15, 0.2) is 66.4 Å². The summed E-state index contributed by atoms with van der Waals surface area (Å²) in [6.07, 6.45) is 1.58. The van der Waals surface area contributed by atoms with Crippen LogP contribution >= 0.6 is 0 Å². The summed E-state index contributed by atoms with van der Waals surface area (Å²) in [5, 5.41) is 8.24. The van der Waals surface area contributed by atoms with Crippen LogP contribution in [-0.2, 0) is 20.9 Å². The fourth-order valence-corrected chi connectivity index (χ4v) is 3.89. The van der Waals surface area contributed by atoms with Gasteiger partial charge in [-0.25, -0.2) is 4.79 Å². The van der Waals surface area contributed by atoms with E-state index < -0.39 is 24.0 Å². The van der Waals surface area contributed by atoms with E-state index in [1.54, 1.807) is 42.4 Å². The van der Waals surface area contributed by atoms with Crippen molar-refractivity contribution >= 4 is 35.1 Å². The average Bonchev–Trinajstić information content (AvgIpc) is 3.09. The monoisotopic (exact) mass is 433 g/mol. The number of imide groups is 1. The Morgan fingerprint density at radius 3 is 2.22 bits per heavy atom. The normalized spacial score (nSPS) is 19.8. The maximum Gasteiger partial charge on any atom is 0.325 e. The third-order valence-electron chi connectivity index (χ3n) is 5.38. The van der Waals surface area contributed by atoms with Crippen LogP contribution in [0.4, 0.5) is 16.2 Å². The van der Waals surface area contributed by atoms with Gasteiger partial charge in [-0.3, -0.25) is 19.3 Å². The number of hydrogen-bond donors (Lipinski definition) is 3. The molecule has 2 aliphatic rings. The van der Waals surface area contributed by atoms with Crippen LogP contribution in [0.5, 0.6) is 0 Å². The van der Waals surface area contributed by atoms with Crippen LogP contribution in [-0.4, -0.2) is 52.7 Å². The number of likely N-dealkylation sites (N-methyl/N-ethyl adjacent to an activating group) is 1. The third kappa shape index (κ3) is 4.18. The van der Waals surface area contributed by atoms with E-state index in [9.17, 15) is 19.2 Å². The number of benzene rings is 2. The molecular formula is C23H23N5O4. The minimum atomic E-state index is -0.745. The molecule has 5 amide bonds. The van der Waals surface area contributed by atoms with Crippen LogP contribution in [0.1, 0.15) is 12.5 Å². The minimum absolute atomic E-state index is 0.157. The highest BCUT2D eigenvalue weighted by Crippen LogP contribution is 2.28. The Balaban J connectivity index is 1.46. The first-order valence-electron chi connectivity index (χ1n) is 10.1. The summed E-state index contributed by atoms with van der Waals surface area (Å²) in [6, 6.07) is 13.9. The predicted molar refractivity (Wildman–Crippen MR) is 118 cm³/mol. The van der Waals surface area contributed by atoms with Crippen molar-refractivity contribution in [3.63, 3.8) is 0 Å². The summed E-state index contributed by atoms with van der Waals surface area (Å²) in [4.78, 5) is 52.7. The summed E-state index contributed by atoms with van der Waals surface area (Å²) in [7, 11) is 1.70. The molecule has 0 aromatic heterocycles. The molecule has 2 aromatic carbocycles. The van der Waals surface area contributed by atoms with Crippen molar-refractivity contribution in [2.45, 2.75) is 25.6 Å². The highest BCUT2D eigenvalue weighted by molar-refractivity contribution is 6.09. The molecule has 2 aliphatic heterocycles. The lowest BCUT2D eigenvalue weighted by molar-refractivity contribution is -0.135. The molecule has 3 N–H and O–H groups in total. The van der Waals surface area contributed by atoms with Gasteiger partial charge in [0.2, 0.25) is 5.91 Å². The summed E-state index contributed by atoms with van der Waals surface area (Å²) in [5.74, 6) is -0.962. The molecule has 32 heavy (non-hydrogen) atoms. The molecule has 4 rings (SSSR count). The van der Waals surface area contributed by atoms with E-state index in [-0.39, 0.29) is 18.4 Å². The van der Waals surface area contributed by atoms with Crippen LogP contribution < -0.4 is 16.0 Å². The van der Waals surface area contributed by atoms with E-state index >= 15 is 0 Å². The Kier molecular flexibility index (Phi) is 5.63. The first kappa shape index (κ1) is 21.1. The number of rotatable bonds is 5. The molecular weight excluding hydrogens is 410 g/mol. The van der Waals surface area contributed by atoms with Crippen molar-refractivity contribution in [3.8, 4) is 0 Å². The molecule has 9 nitrogen and oxygen atoms in total. The molecule has 2 aromatic rings. The number of nitrogens with zero attached hydrogens (tertiary/aromatic N) is 2. The van der Waals surface area contributed by atoms with Crippen LogP contribution in [0, 0.1) is 0 Å². The largest absolute Gasteiger partial charge is 0.366 e. The summed E-state index contributed by atoms with van der Waals surface area (Å²) in [5.41, 5.74) is 2.27. The van der Waals surface area contributed by atoms with Crippen molar-refractivity contribution in [2.24, 2.45) is 0 Å². The Hall–Kier alpha value is -4.14. The van der Waals surface area contributed by atoms with Gasteiger partial charge in [-0.2, -0.15) is 0 Å². The van der Waals surface area contributed by atoms with E-state index in [1.807, 2.05) is 30.3 Å². The second kappa shape index (κ2) is 8.54. The fraction of sp³-hybridized carbons (Fsp3) is 0.217. The van der Waals surface area contributed by atoms with E-state index in [2.05, 4.69) is 16.0 Å². The fourth-order valence-electron chi connectivity index (χ4n) is 3.89. The summed E-state index contributed by atoms with van der Waals surface area (Å²) < 4.78 is 0. The van der Waals surface area contributed by atoms with Crippen molar-refractivity contribution in [1.29, 1.82) is 0 Å². The van der Waals surface area contributed by atoms with Crippen LogP contribution in [0.3, 0.4) is 0 Å². The Morgan fingerprint density at radius 1 is 0.969 bits per heavy atom. The van der Waals surface area contributed by atoms with Gasteiger partial charge in [0.25, 0.3) is 11.8 Å². The first-order chi connectivity index (χ1) is 15.3.